The fraction of sp³-hybridized carbons (Fsp3) is 0.200. The summed E-state index contributed by atoms with van der Waals surface area (Å²) in [6, 6.07) is 20.3. The third kappa shape index (κ3) is 6.21. The molecule has 0 radical (unpaired) electrons. The van der Waals surface area contributed by atoms with Gasteiger partial charge in [0.25, 0.3) is 0 Å². The molecule has 0 heterocycles. The van der Waals surface area contributed by atoms with Crippen LogP contribution in [-0.4, -0.2) is 30.6 Å². The molecular weight excluding hydrogens is 456 g/mol. The molecule has 6 N–H and O–H groups in total. The largest absolute Gasteiger partial charge is 0.508 e. The molecule has 36 heavy (non-hydrogen) atoms. The van der Waals surface area contributed by atoms with Crippen LogP contribution in [0.25, 0.3) is 0 Å². The first-order valence-electron chi connectivity index (χ1n) is 11.9. The highest BCUT2D eigenvalue weighted by atomic mass is 16.3. The minimum absolute atomic E-state index is 0.170. The minimum Gasteiger partial charge on any atom is -0.508 e. The number of rotatable bonds is 9. The number of benzene rings is 4. The molecule has 0 aliphatic carbocycles. The zero-order chi connectivity index (χ0) is 25.7. The standard InChI is InChI=1S/C30H30O6/c31-25-11-3-19(4-12-25)1-7-21-15-27(33)29(35)17-23(21)9-10-24-18-30(36)28(34)16-22(24)8-2-20-5-13-26(32)14-6-20/h3-6,11-18,31-36H,1-2,7-10H2. The van der Waals surface area contributed by atoms with E-state index in [0.717, 1.165) is 33.4 Å². The molecule has 0 aliphatic rings. The van der Waals surface area contributed by atoms with Crippen molar-refractivity contribution in [3.63, 3.8) is 0 Å². The van der Waals surface area contributed by atoms with Crippen molar-refractivity contribution >= 4 is 0 Å². The summed E-state index contributed by atoms with van der Waals surface area (Å²) >= 11 is 0. The van der Waals surface area contributed by atoms with Gasteiger partial charge in [-0.3, -0.25) is 0 Å². The Labute approximate surface area is 210 Å². The highest BCUT2D eigenvalue weighted by Gasteiger charge is 2.13. The van der Waals surface area contributed by atoms with E-state index in [1.807, 2.05) is 24.3 Å². The van der Waals surface area contributed by atoms with Crippen molar-refractivity contribution in [2.24, 2.45) is 0 Å². The Kier molecular flexibility index (Phi) is 7.54. The van der Waals surface area contributed by atoms with Gasteiger partial charge in [0.1, 0.15) is 11.5 Å². The lowest BCUT2D eigenvalue weighted by Crippen LogP contribution is -2.03. The molecule has 6 heteroatoms. The number of phenols is 6. The van der Waals surface area contributed by atoms with E-state index in [1.165, 1.54) is 0 Å². The predicted molar refractivity (Wildman–Crippen MR) is 138 cm³/mol. The molecule has 186 valence electrons. The molecule has 0 spiro atoms. The number of hydrogen-bond donors (Lipinski definition) is 6. The average molecular weight is 487 g/mol. The predicted octanol–water partition coefficient (Wildman–Crippen LogP) is 5.28. The maximum Gasteiger partial charge on any atom is 0.157 e. The van der Waals surface area contributed by atoms with Crippen LogP contribution in [-0.2, 0) is 38.5 Å². The molecule has 0 fully saturated rings. The van der Waals surface area contributed by atoms with Crippen LogP contribution >= 0.6 is 0 Å². The monoisotopic (exact) mass is 486 g/mol. The van der Waals surface area contributed by atoms with Crippen LogP contribution in [0.2, 0.25) is 0 Å². The van der Waals surface area contributed by atoms with Gasteiger partial charge in [0.15, 0.2) is 23.0 Å². The summed E-state index contributed by atoms with van der Waals surface area (Å²) in [6.07, 6.45) is 3.82. The highest BCUT2D eigenvalue weighted by molar-refractivity contribution is 5.48. The first-order valence-corrected chi connectivity index (χ1v) is 11.9. The zero-order valence-electron chi connectivity index (χ0n) is 19.9. The van der Waals surface area contributed by atoms with Crippen LogP contribution in [0.5, 0.6) is 34.5 Å². The van der Waals surface area contributed by atoms with Crippen molar-refractivity contribution in [3.8, 4) is 34.5 Å². The molecule has 4 aromatic carbocycles. The molecule has 0 saturated heterocycles. The summed E-state index contributed by atoms with van der Waals surface area (Å²) in [5, 5.41) is 59.4. The van der Waals surface area contributed by atoms with E-state index in [-0.39, 0.29) is 34.5 Å². The van der Waals surface area contributed by atoms with Gasteiger partial charge in [-0.25, -0.2) is 0 Å². The molecule has 0 saturated carbocycles. The van der Waals surface area contributed by atoms with Gasteiger partial charge in [-0.05, 0) is 120 Å². The maximum absolute atomic E-state index is 10.1. The van der Waals surface area contributed by atoms with E-state index in [4.69, 9.17) is 0 Å². The van der Waals surface area contributed by atoms with Crippen molar-refractivity contribution in [3.05, 3.63) is 106 Å². The number of hydrogen-bond acceptors (Lipinski definition) is 6. The quantitative estimate of drug-likeness (QED) is 0.179. The molecule has 0 aromatic heterocycles. The molecule has 0 bridgehead atoms. The van der Waals surface area contributed by atoms with Crippen LogP contribution in [0, 0.1) is 0 Å². The average Bonchev–Trinajstić information content (AvgIpc) is 2.86. The van der Waals surface area contributed by atoms with Crippen molar-refractivity contribution in [2.75, 3.05) is 0 Å². The number of phenolic OH excluding ortho intramolecular Hbond substituents is 6. The summed E-state index contributed by atoms with van der Waals surface area (Å²) in [6.45, 7) is 0. The Balaban J connectivity index is 1.52. The fourth-order valence-corrected chi connectivity index (χ4v) is 4.41. The lowest BCUT2D eigenvalue weighted by molar-refractivity contribution is 0.402. The molecular formula is C30H30O6. The van der Waals surface area contributed by atoms with Crippen molar-refractivity contribution in [2.45, 2.75) is 38.5 Å². The van der Waals surface area contributed by atoms with Crippen LogP contribution < -0.4 is 0 Å². The second kappa shape index (κ2) is 11.0. The van der Waals surface area contributed by atoms with Gasteiger partial charge in [-0.15, -0.1) is 0 Å². The molecule has 0 unspecified atom stereocenters. The second-order valence-electron chi connectivity index (χ2n) is 9.05. The number of aryl methyl sites for hydroxylation is 6. The Hall–Kier alpha value is -4.32. The van der Waals surface area contributed by atoms with Crippen LogP contribution in [0.3, 0.4) is 0 Å². The summed E-state index contributed by atoms with van der Waals surface area (Å²) in [5.74, 6) is -0.285. The number of aromatic hydroxyl groups is 6. The van der Waals surface area contributed by atoms with Crippen LogP contribution in [0.15, 0.2) is 72.8 Å². The fourth-order valence-electron chi connectivity index (χ4n) is 4.41. The highest BCUT2D eigenvalue weighted by Crippen LogP contribution is 2.33. The maximum atomic E-state index is 10.1. The summed E-state index contributed by atoms with van der Waals surface area (Å²) < 4.78 is 0. The van der Waals surface area contributed by atoms with Crippen LogP contribution in [0.4, 0.5) is 0 Å². The van der Waals surface area contributed by atoms with Gasteiger partial charge in [-0.2, -0.15) is 0 Å². The van der Waals surface area contributed by atoms with Gasteiger partial charge in [-0.1, -0.05) is 24.3 Å². The normalized spacial score (nSPS) is 11.0. The lowest BCUT2D eigenvalue weighted by atomic mass is 9.92. The second-order valence-corrected chi connectivity index (χ2v) is 9.05. The minimum atomic E-state index is -0.181. The van der Waals surface area contributed by atoms with Gasteiger partial charge < -0.3 is 30.6 Å². The van der Waals surface area contributed by atoms with E-state index >= 15 is 0 Å². The molecule has 4 aromatic rings. The van der Waals surface area contributed by atoms with E-state index in [9.17, 15) is 30.6 Å². The SMILES string of the molecule is Oc1ccc(CCc2cc(O)c(O)cc2CCc2cc(O)c(O)cc2CCc2ccc(O)cc2)cc1. The molecule has 6 nitrogen and oxygen atoms in total. The first-order chi connectivity index (χ1) is 17.3. The van der Waals surface area contributed by atoms with E-state index < -0.39 is 0 Å². The Bertz CT molecular complexity index is 1220. The van der Waals surface area contributed by atoms with Gasteiger partial charge >= 0.3 is 0 Å². The molecule has 0 amide bonds. The van der Waals surface area contributed by atoms with E-state index in [2.05, 4.69) is 0 Å². The van der Waals surface area contributed by atoms with Gasteiger partial charge in [0.2, 0.25) is 0 Å². The van der Waals surface area contributed by atoms with Crippen LogP contribution in [0.1, 0.15) is 33.4 Å². The smallest absolute Gasteiger partial charge is 0.157 e. The van der Waals surface area contributed by atoms with Crippen molar-refractivity contribution in [1.29, 1.82) is 0 Å². The summed E-state index contributed by atoms with van der Waals surface area (Å²) in [7, 11) is 0. The molecule has 0 aliphatic heterocycles. The van der Waals surface area contributed by atoms with Gasteiger partial charge in [0.05, 0.1) is 0 Å². The third-order valence-corrected chi connectivity index (χ3v) is 6.50. The Morgan fingerprint density at radius 2 is 0.583 bits per heavy atom. The van der Waals surface area contributed by atoms with Crippen molar-refractivity contribution in [1.82, 2.24) is 0 Å². The Morgan fingerprint density at radius 1 is 0.333 bits per heavy atom. The van der Waals surface area contributed by atoms with Gasteiger partial charge in [0, 0.05) is 0 Å². The lowest BCUT2D eigenvalue weighted by Gasteiger charge is -2.15. The van der Waals surface area contributed by atoms with E-state index in [1.54, 1.807) is 48.5 Å². The molecule has 0 atom stereocenters. The first kappa shape index (κ1) is 24.8. The molecule has 4 rings (SSSR count). The van der Waals surface area contributed by atoms with Crippen molar-refractivity contribution < 1.29 is 30.6 Å². The summed E-state index contributed by atoms with van der Waals surface area (Å²) in [5.41, 5.74) is 5.69. The Morgan fingerprint density at radius 3 is 0.861 bits per heavy atom. The topological polar surface area (TPSA) is 121 Å². The third-order valence-electron chi connectivity index (χ3n) is 6.50. The summed E-state index contributed by atoms with van der Waals surface area (Å²) in [4.78, 5) is 0. The van der Waals surface area contributed by atoms with E-state index in [0.29, 0.717) is 38.5 Å². The zero-order valence-corrected chi connectivity index (χ0v) is 19.9.